The Balaban J connectivity index is 1.38. The van der Waals surface area contributed by atoms with E-state index in [2.05, 4.69) is 20.5 Å². The third-order valence-corrected chi connectivity index (χ3v) is 5.71. The Bertz CT molecular complexity index is 1300. The van der Waals surface area contributed by atoms with Crippen LogP contribution in [0.25, 0.3) is 21.5 Å². The second-order valence-corrected chi connectivity index (χ2v) is 7.88. The van der Waals surface area contributed by atoms with E-state index in [9.17, 15) is 9.59 Å². The summed E-state index contributed by atoms with van der Waals surface area (Å²) in [5, 5.41) is 12.5. The van der Waals surface area contributed by atoms with Gasteiger partial charge in [0.05, 0.1) is 31.4 Å². The zero-order chi connectivity index (χ0) is 22.5. The third kappa shape index (κ3) is 4.59. The zero-order valence-corrected chi connectivity index (χ0v) is 18.4. The topological polar surface area (TPSA) is 108 Å². The van der Waals surface area contributed by atoms with E-state index in [4.69, 9.17) is 9.47 Å². The van der Waals surface area contributed by atoms with Crippen LogP contribution in [0.5, 0.6) is 11.5 Å². The number of aryl methyl sites for hydroxylation is 1. The normalized spacial score (nSPS) is 10.8. The number of amides is 1. The molecule has 1 N–H and O–H groups in total. The molecule has 0 aliphatic rings. The first kappa shape index (κ1) is 21.4. The predicted molar refractivity (Wildman–Crippen MR) is 122 cm³/mol. The number of carbonyl (C=O) groups is 1. The van der Waals surface area contributed by atoms with Crippen molar-refractivity contribution in [3.63, 3.8) is 0 Å². The van der Waals surface area contributed by atoms with Crippen LogP contribution in [0.2, 0.25) is 0 Å². The molecule has 164 valence electrons. The Morgan fingerprint density at radius 1 is 1.09 bits per heavy atom. The molecule has 0 saturated carbocycles. The van der Waals surface area contributed by atoms with E-state index in [0.717, 1.165) is 10.6 Å². The Labute approximate surface area is 187 Å². The zero-order valence-electron chi connectivity index (χ0n) is 17.6. The fraction of sp³-hybridized carbons (Fsp3) is 0.227. The standard InChI is InChI=1S/C22H21N5O4S/c1-30-17-11-15-16(12-18(17)31-2)23-13-27(21(15)29)10-6-9-19(28)24-22-26-25-20(32-22)14-7-4-3-5-8-14/h3-5,7-8,11-13H,6,9-10H2,1-2H3,(H,24,26,28). The predicted octanol–water partition coefficient (Wildman–Crippen LogP) is 3.35. The van der Waals surface area contributed by atoms with Crippen LogP contribution < -0.4 is 20.3 Å². The van der Waals surface area contributed by atoms with Gasteiger partial charge in [-0.1, -0.05) is 41.7 Å². The van der Waals surface area contributed by atoms with Crippen LogP contribution in [-0.2, 0) is 11.3 Å². The number of benzene rings is 2. The lowest BCUT2D eigenvalue weighted by molar-refractivity contribution is -0.116. The van der Waals surface area contributed by atoms with Crippen LogP contribution in [0, 0.1) is 0 Å². The van der Waals surface area contributed by atoms with Crippen molar-refractivity contribution in [3.05, 3.63) is 59.1 Å². The number of hydrogen-bond acceptors (Lipinski definition) is 8. The van der Waals surface area contributed by atoms with Gasteiger partial charge in [0.25, 0.3) is 5.56 Å². The van der Waals surface area contributed by atoms with Gasteiger partial charge in [-0.3, -0.25) is 14.2 Å². The molecule has 0 spiro atoms. The molecule has 0 atom stereocenters. The van der Waals surface area contributed by atoms with Crippen molar-refractivity contribution in [2.75, 3.05) is 19.5 Å². The van der Waals surface area contributed by atoms with Gasteiger partial charge >= 0.3 is 0 Å². The highest BCUT2D eigenvalue weighted by atomic mass is 32.1. The van der Waals surface area contributed by atoms with E-state index in [-0.39, 0.29) is 17.9 Å². The molecule has 32 heavy (non-hydrogen) atoms. The maximum absolute atomic E-state index is 12.8. The minimum Gasteiger partial charge on any atom is -0.493 e. The Hall–Kier alpha value is -3.79. The smallest absolute Gasteiger partial charge is 0.261 e. The molecule has 1 amide bonds. The monoisotopic (exact) mass is 451 g/mol. The lowest BCUT2D eigenvalue weighted by Crippen LogP contribution is -2.22. The highest BCUT2D eigenvalue weighted by molar-refractivity contribution is 7.18. The molecule has 0 radical (unpaired) electrons. The number of anilines is 1. The van der Waals surface area contributed by atoms with Crippen molar-refractivity contribution in [2.24, 2.45) is 0 Å². The summed E-state index contributed by atoms with van der Waals surface area (Å²) in [4.78, 5) is 29.4. The molecule has 0 bridgehead atoms. The van der Waals surface area contributed by atoms with Crippen LogP contribution in [-0.4, -0.2) is 39.9 Å². The van der Waals surface area contributed by atoms with E-state index in [1.165, 1.54) is 36.5 Å². The van der Waals surface area contributed by atoms with Crippen LogP contribution in [0.15, 0.2) is 53.6 Å². The van der Waals surface area contributed by atoms with E-state index in [1.807, 2.05) is 30.3 Å². The first-order valence-corrected chi connectivity index (χ1v) is 10.7. The Kier molecular flexibility index (Phi) is 6.41. The van der Waals surface area contributed by atoms with Crippen molar-refractivity contribution in [2.45, 2.75) is 19.4 Å². The SMILES string of the molecule is COc1cc2ncn(CCCC(=O)Nc3nnc(-c4ccccc4)s3)c(=O)c2cc1OC. The van der Waals surface area contributed by atoms with Gasteiger partial charge < -0.3 is 14.8 Å². The molecular weight excluding hydrogens is 430 g/mol. The van der Waals surface area contributed by atoms with E-state index in [0.29, 0.717) is 40.5 Å². The number of fused-ring (bicyclic) bond motifs is 1. The number of aromatic nitrogens is 4. The third-order valence-electron chi connectivity index (χ3n) is 4.82. The van der Waals surface area contributed by atoms with Crippen LogP contribution in [0.4, 0.5) is 5.13 Å². The molecule has 0 saturated heterocycles. The molecule has 4 rings (SSSR count). The summed E-state index contributed by atoms with van der Waals surface area (Å²) >= 11 is 1.31. The van der Waals surface area contributed by atoms with Gasteiger partial charge in [-0.15, -0.1) is 10.2 Å². The number of nitrogens with one attached hydrogen (secondary N) is 1. The lowest BCUT2D eigenvalue weighted by Gasteiger charge is -2.10. The number of methoxy groups -OCH3 is 2. The molecule has 0 aliphatic carbocycles. The number of ether oxygens (including phenoxy) is 2. The average Bonchev–Trinajstić information content (AvgIpc) is 3.28. The summed E-state index contributed by atoms with van der Waals surface area (Å²) in [6.07, 6.45) is 2.18. The van der Waals surface area contributed by atoms with Crippen molar-refractivity contribution >= 4 is 33.3 Å². The van der Waals surface area contributed by atoms with E-state index < -0.39 is 0 Å². The maximum Gasteiger partial charge on any atom is 0.261 e. The minimum atomic E-state index is -0.201. The molecule has 0 aliphatic heterocycles. The number of nitrogens with zero attached hydrogens (tertiary/aromatic N) is 4. The lowest BCUT2D eigenvalue weighted by atomic mass is 10.2. The number of carbonyl (C=O) groups excluding carboxylic acids is 1. The highest BCUT2D eigenvalue weighted by Crippen LogP contribution is 2.30. The average molecular weight is 452 g/mol. The molecule has 4 aromatic rings. The van der Waals surface area contributed by atoms with Gasteiger partial charge in [0.15, 0.2) is 11.5 Å². The fourth-order valence-electron chi connectivity index (χ4n) is 3.21. The fourth-order valence-corrected chi connectivity index (χ4v) is 3.97. The second kappa shape index (κ2) is 9.56. The molecular formula is C22H21N5O4S. The quantitative estimate of drug-likeness (QED) is 0.438. The minimum absolute atomic E-state index is 0.186. The second-order valence-electron chi connectivity index (χ2n) is 6.90. The van der Waals surface area contributed by atoms with Crippen molar-refractivity contribution in [1.29, 1.82) is 0 Å². The number of rotatable bonds is 8. The van der Waals surface area contributed by atoms with Crippen molar-refractivity contribution in [1.82, 2.24) is 19.7 Å². The highest BCUT2D eigenvalue weighted by Gasteiger charge is 2.12. The van der Waals surface area contributed by atoms with Crippen LogP contribution in [0.1, 0.15) is 12.8 Å². The summed E-state index contributed by atoms with van der Waals surface area (Å²) in [6, 6.07) is 12.9. The molecule has 2 aromatic heterocycles. The molecule has 0 unspecified atom stereocenters. The molecule has 2 heterocycles. The van der Waals surface area contributed by atoms with E-state index >= 15 is 0 Å². The van der Waals surface area contributed by atoms with Gasteiger partial charge in [-0.2, -0.15) is 0 Å². The molecule has 10 heteroatoms. The van der Waals surface area contributed by atoms with Gasteiger partial charge in [-0.25, -0.2) is 4.98 Å². The first-order chi connectivity index (χ1) is 15.6. The van der Waals surface area contributed by atoms with Crippen LogP contribution in [0.3, 0.4) is 0 Å². The Morgan fingerprint density at radius 3 is 2.59 bits per heavy atom. The summed E-state index contributed by atoms with van der Waals surface area (Å²) in [7, 11) is 3.04. The summed E-state index contributed by atoms with van der Waals surface area (Å²) in [5.74, 6) is 0.783. The first-order valence-electron chi connectivity index (χ1n) is 9.89. The molecule has 2 aromatic carbocycles. The van der Waals surface area contributed by atoms with Gasteiger partial charge in [0.1, 0.15) is 5.01 Å². The maximum atomic E-state index is 12.8. The van der Waals surface area contributed by atoms with E-state index in [1.54, 1.807) is 12.1 Å². The number of hydrogen-bond donors (Lipinski definition) is 1. The van der Waals surface area contributed by atoms with Crippen molar-refractivity contribution in [3.8, 4) is 22.1 Å². The summed E-state index contributed by atoms with van der Waals surface area (Å²) in [5.41, 5.74) is 1.27. The molecule has 9 nitrogen and oxygen atoms in total. The Morgan fingerprint density at radius 2 is 1.84 bits per heavy atom. The van der Waals surface area contributed by atoms with Gasteiger partial charge in [0, 0.05) is 24.6 Å². The summed E-state index contributed by atoms with van der Waals surface area (Å²) in [6.45, 7) is 0.356. The van der Waals surface area contributed by atoms with Crippen LogP contribution >= 0.6 is 11.3 Å². The van der Waals surface area contributed by atoms with Gasteiger partial charge in [0.2, 0.25) is 11.0 Å². The van der Waals surface area contributed by atoms with Crippen molar-refractivity contribution < 1.29 is 14.3 Å². The van der Waals surface area contributed by atoms with Gasteiger partial charge in [-0.05, 0) is 12.5 Å². The largest absolute Gasteiger partial charge is 0.493 e. The molecule has 0 fully saturated rings. The summed E-state index contributed by atoms with van der Waals surface area (Å²) < 4.78 is 12.0.